The molecule has 4 amide bonds. The highest BCUT2D eigenvalue weighted by Crippen LogP contribution is 2.49. The number of ether oxygens (including phenoxy) is 2. The van der Waals surface area contributed by atoms with Gasteiger partial charge in [-0.2, -0.15) is 0 Å². The molecule has 8 aliphatic rings. The van der Waals surface area contributed by atoms with Crippen LogP contribution in [-0.4, -0.2) is 127 Å². The summed E-state index contributed by atoms with van der Waals surface area (Å²) in [7, 11) is -7.80. The topological polar surface area (TPSA) is 192 Å². The maximum absolute atomic E-state index is 13.1. The maximum Gasteiger partial charge on any atom is 0.264 e. The van der Waals surface area contributed by atoms with Crippen LogP contribution in [0.5, 0.6) is 11.5 Å². The molecule has 4 aliphatic carbocycles. The highest BCUT2D eigenvalue weighted by atomic mass is 35.5. The lowest BCUT2D eigenvalue weighted by molar-refractivity contribution is -0.130. The molecule has 2 fully saturated rings. The zero-order valence-corrected chi connectivity index (χ0v) is 49.7. The molecular formula is C62H72Cl2N6O10S2. The van der Waals surface area contributed by atoms with Crippen molar-refractivity contribution in [2.45, 2.75) is 88.9 Å². The molecule has 12 rings (SSSR count). The molecule has 6 atom stereocenters. The van der Waals surface area contributed by atoms with Gasteiger partial charge in [-0.1, -0.05) is 59.6 Å². The Kier molecular flexibility index (Phi) is 16.6. The van der Waals surface area contributed by atoms with Gasteiger partial charge in [0.25, 0.3) is 11.8 Å². The van der Waals surface area contributed by atoms with Crippen LogP contribution >= 0.6 is 23.2 Å². The van der Waals surface area contributed by atoms with Crippen LogP contribution < -0.4 is 28.7 Å². The van der Waals surface area contributed by atoms with Crippen LogP contribution in [0.15, 0.2) is 97.1 Å². The van der Waals surface area contributed by atoms with E-state index in [4.69, 9.17) is 32.7 Å². The van der Waals surface area contributed by atoms with E-state index in [1.54, 1.807) is 72.2 Å². The number of nitrogens with one attached hydrogen (secondary N) is 2. The quantitative estimate of drug-likeness (QED) is 0.160. The molecular weight excluding hydrogens is 1120 g/mol. The van der Waals surface area contributed by atoms with Crippen molar-refractivity contribution in [1.29, 1.82) is 0 Å². The van der Waals surface area contributed by atoms with Crippen LogP contribution in [0.4, 0.5) is 11.4 Å². The minimum atomic E-state index is -3.90. The van der Waals surface area contributed by atoms with E-state index in [2.05, 4.69) is 43.5 Å². The monoisotopic (exact) mass is 1190 g/mol. The van der Waals surface area contributed by atoms with Gasteiger partial charge in [-0.3, -0.25) is 19.2 Å². The van der Waals surface area contributed by atoms with Crippen molar-refractivity contribution in [2.75, 3.05) is 86.9 Å². The smallest absolute Gasteiger partial charge is 0.264 e. The molecule has 2 N–H and O–H groups in total. The number of anilines is 2. The molecule has 16 nitrogen and oxygen atoms in total. The lowest BCUT2D eigenvalue weighted by Crippen LogP contribution is -2.50. The molecule has 436 valence electrons. The zero-order valence-electron chi connectivity index (χ0n) is 46.5. The van der Waals surface area contributed by atoms with Crippen LogP contribution in [-0.2, 0) is 53.3 Å². The number of hydrogen-bond donors (Lipinski definition) is 2. The molecule has 0 aromatic heterocycles. The lowest BCUT2D eigenvalue weighted by Gasteiger charge is -2.45. The third kappa shape index (κ3) is 12.4. The molecule has 0 radical (unpaired) electrons. The molecule has 4 aromatic carbocycles. The van der Waals surface area contributed by atoms with Crippen molar-refractivity contribution in [3.63, 3.8) is 0 Å². The van der Waals surface area contributed by atoms with Crippen LogP contribution in [0.25, 0.3) is 0 Å². The number of aryl methyl sites for hydroxylation is 2. The number of carbonyl (C=O) groups excluding carboxylic acids is 4. The van der Waals surface area contributed by atoms with E-state index in [0.29, 0.717) is 87.7 Å². The minimum absolute atomic E-state index is 0.0350. The first-order chi connectivity index (χ1) is 39.2. The normalized spacial score (nSPS) is 28.3. The van der Waals surface area contributed by atoms with Crippen LogP contribution in [0.3, 0.4) is 0 Å². The molecule has 2 saturated carbocycles. The van der Waals surface area contributed by atoms with Gasteiger partial charge in [-0.25, -0.2) is 26.3 Å². The Labute approximate surface area is 491 Å². The van der Waals surface area contributed by atoms with Crippen molar-refractivity contribution in [3.8, 4) is 11.5 Å². The zero-order chi connectivity index (χ0) is 57.6. The van der Waals surface area contributed by atoms with E-state index in [1.165, 1.54) is 34.4 Å². The summed E-state index contributed by atoms with van der Waals surface area (Å²) in [5.74, 6) is 0.720. The van der Waals surface area contributed by atoms with E-state index in [1.807, 2.05) is 12.1 Å². The first-order valence-corrected chi connectivity index (χ1v) is 32.8. The summed E-state index contributed by atoms with van der Waals surface area (Å²) >= 11 is 12.8. The van der Waals surface area contributed by atoms with Gasteiger partial charge in [0.1, 0.15) is 11.5 Å². The van der Waals surface area contributed by atoms with Crippen LogP contribution in [0, 0.1) is 23.7 Å². The molecule has 4 aromatic rings. The Hall–Kier alpha value is -6.08. The summed E-state index contributed by atoms with van der Waals surface area (Å²) in [6.45, 7) is 9.00. The third-order valence-corrected chi connectivity index (χ3v) is 21.3. The Morgan fingerprint density at radius 2 is 0.951 bits per heavy atom. The third-order valence-electron chi connectivity index (χ3n) is 18.6. The molecule has 82 heavy (non-hydrogen) atoms. The van der Waals surface area contributed by atoms with Gasteiger partial charge in [0.15, 0.2) is 0 Å². The summed E-state index contributed by atoms with van der Waals surface area (Å²) in [5, 5.41) is 1.47. The van der Waals surface area contributed by atoms with Crippen molar-refractivity contribution in [1.82, 2.24) is 19.2 Å². The number of amides is 4. The first-order valence-electron chi connectivity index (χ1n) is 28.8. The number of nitrogens with zero attached hydrogens (tertiary/aromatic N) is 4. The predicted molar refractivity (Wildman–Crippen MR) is 318 cm³/mol. The van der Waals surface area contributed by atoms with E-state index < -0.39 is 31.9 Å². The number of benzene rings is 4. The average Bonchev–Trinajstić information content (AvgIpc) is 3.89. The number of carbonyl (C=O) groups is 4. The molecule has 4 bridgehead atoms. The average molecular weight is 1200 g/mol. The maximum atomic E-state index is 13.1. The minimum Gasteiger partial charge on any atom is -0.490 e. The Balaban J connectivity index is 0.000000172. The van der Waals surface area contributed by atoms with E-state index >= 15 is 0 Å². The molecule has 0 unspecified atom stereocenters. The van der Waals surface area contributed by atoms with Gasteiger partial charge >= 0.3 is 0 Å². The van der Waals surface area contributed by atoms with Gasteiger partial charge in [-0.05, 0) is 171 Å². The molecule has 2 spiro atoms. The fourth-order valence-electron chi connectivity index (χ4n) is 13.8. The van der Waals surface area contributed by atoms with Crippen molar-refractivity contribution >= 4 is 78.3 Å². The van der Waals surface area contributed by atoms with Gasteiger partial charge in [-0.15, -0.1) is 0 Å². The molecule has 4 aliphatic heterocycles. The highest BCUT2D eigenvalue weighted by molar-refractivity contribution is 7.90. The molecule has 0 saturated heterocycles. The second-order valence-corrected chi connectivity index (χ2v) is 28.4. The first kappa shape index (κ1) is 57.7. The summed E-state index contributed by atoms with van der Waals surface area (Å²) in [6.07, 6.45) is 16.5. The molecule has 4 heterocycles. The number of rotatable bonds is 0. The number of halogens is 2. The Morgan fingerprint density at radius 3 is 1.34 bits per heavy atom. The van der Waals surface area contributed by atoms with Crippen LogP contribution in [0.2, 0.25) is 10.0 Å². The summed E-state index contributed by atoms with van der Waals surface area (Å²) in [4.78, 5) is 59.4. The van der Waals surface area contributed by atoms with Gasteiger partial charge in [0.2, 0.25) is 31.9 Å². The fourth-order valence-corrected chi connectivity index (χ4v) is 16.0. The van der Waals surface area contributed by atoms with Gasteiger partial charge in [0, 0.05) is 98.2 Å². The summed E-state index contributed by atoms with van der Waals surface area (Å²) < 4.78 is 68.1. The fraction of sp³-hybridized carbons (Fsp3) is 0.484. The second-order valence-electron chi connectivity index (χ2n) is 24.0. The largest absolute Gasteiger partial charge is 0.490 e. The van der Waals surface area contributed by atoms with Crippen molar-refractivity contribution in [2.24, 2.45) is 23.7 Å². The Bertz CT molecular complexity index is 3240. The van der Waals surface area contributed by atoms with Crippen molar-refractivity contribution < 1.29 is 45.5 Å². The predicted octanol–water partition coefficient (Wildman–Crippen LogP) is 8.63. The second kappa shape index (κ2) is 23.5. The number of sulfonamides is 2. The van der Waals surface area contributed by atoms with Crippen LogP contribution in [0.1, 0.15) is 108 Å². The summed E-state index contributed by atoms with van der Waals surface area (Å²) in [5.41, 5.74) is 6.68. The van der Waals surface area contributed by atoms with E-state index in [-0.39, 0.29) is 45.3 Å². The van der Waals surface area contributed by atoms with E-state index in [9.17, 15) is 36.0 Å². The highest BCUT2D eigenvalue weighted by Gasteiger charge is 2.46. The Morgan fingerprint density at radius 1 is 0.549 bits per heavy atom. The molecule has 20 heteroatoms. The van der Waals surface area contributed by atoms with Gasteiger partial charge in [0.05, 0.1) is 36.1 Å². The lowest BCUT2D eigenvalue weighted by atomic mass is 9.69. The number of fused-ring (bicyclic) bond motifs is 8. The number of hydrogen-bond acceptors (Lipinski definition) is 12. The SMILES string of the molecule is CC(=O)N1C/C=C/CS(=O)(=O)NC(=O)c2ccc3c(c2)N(C[C@@H]2CC[C@H]2C1)C[C@@]1(CCCc2cc(Cl)ccc21)CO3.CC(=O)N1C/C=C\CS(=O)(=O)NC(=O)c2ccc3c(c2)N(C[C@@H]2CC[C@H]2C1)C[C@@]1(CCCc2cc(Cl)ccc21)CO3. The van der Waals surface area contributed by atoms with E-state index in [0.717, 1.165) is 98.7 Å². The van der Waals surface area contributed by atoms with Gasteiger partial charge < -0.3 is 29.1 Å². The standard InChI is InChI=1S/2C31H36ClN3O5S/c2*1-21(36)34-13-2-3-14-41(38,39)33-30(37)23-8-11-29-28(16-23)35(18-25-7-6-24(25)17-34)19-31(20-40-29)12-4-5-22-15-26(32)9-10-27(22)31/h2*2-3,8-11,15-16,24-25H,4-7,12-14,17-20H2,1H3,(H,33,37)/b3-2+;3-2-/t2*24-,25-,31-/m00/s1. The van der Waals surface area contributed by atoms with Crippen molar-refractivity contribution in [3.05, 3.63) is 141 Å². The summed E-state index contributed by atoms with van der Waals surface area (Å²) in [6, 6.07) is 22.7.